The van der Waals surface area contributed by atoms with E-state index in [0.29, 0.717) is 16.7 Å². The topological polar surface area (TPSA) is 37.4 Å². The second kappa shape index (κ2) is 6.30. The van der Waals surface area contributed by atoms with E-state index in [1.54, 1.807) is 10.4 Å². The monoisotopic (exact) mass is 391 g/mol. The first-order valence-electron chi connectivity index (χ1n) is 7.78. The van der Waals surface area contributed by atoms with Gasteiger partial charge in [-0.25, -0.2) is 8.42 Å². The van der Waals surface area contributed by atoms with Crippen molar-refractivity contribution < 1.29 is 8.42 Å². The standard InChI is InChI=1S/C15H22BrNO2S2/c1-11-10-14(20-15(11)16)21(18,19)17-9-5-8-13(17)12-6-3-2-4-7-12/h10,12-13H,2-9H2,1H3. The fourth-order valence-corrected chi connectivity index (χ4v) is 7.84. The molecule has 2 fully saturated rings. The van der Waals surface area contributed by atoms with Gasteiger partial charge in [-0.1, -0.05) is 19.3 Å². The Kier molecular flexibility index (Phi) is 4.79. The Morgan fingerprint density at radius 1 is 1.19 bits per heavy atom. The van der Waals surface area contributed by atoms with Crippen molar-refractivity contribution in [2.75, 3.05) is 6.54 Å². The third-order valence-corrected chi connectivity index (χ3v) is 9.35. The first-order chi connectivity index (χ1) is 10.00. The van der Waals surface area contributed by atoms with E-state index in [-0.39, 0.29) is 6.04 Å². The number of halogens is 1. The van der Waals surface area contributed by atoms with Crippen LogP contribution in [-0.4, -0.2) is 25.3 Å². The van der Waals surface area contributed by atoms with Crippen LogP contribution in [0.25, 0.3) is 0 Å². The van der Waals surface area contributed by atoms with Crippen molar-refractivity contribution in [3.05, 3.63) is 15.4 Å². The highest BCUT2D eigenvalue weighted by Crippen LogP contribution is 2.39. The van der Waals surface area contributed by atoms with Gasteiger partial charge in [0.15, 0.2) is 0 Å². The average Bonchev–Trinajstić information content (AvgIpc) is 3.08. The van der Waals surface area contributed by atoms with Gasteiger partial charge in [-0.05, 0) is 66.1 Å². The van der Waals surface area contributed by atoms with Crippen molar-refractivity contribution >= 4 is 37.3 Å². The van der Waals surface area contributed by atoms with Crippen LogP contribution < -0.4 is 0 Å². The van der Waals surface area contributed by atoms with Crippen LogP contribution in [0.2, 0.25) is 0 Å². The van der Waals surface area contributed by atoms with E-state index in [4.69, 9.17) is 0 Å². The number of nitrogens with zero attached hydrogens (tertiary/aromatic N) is 1. The molecule has 3 nitrogen and oxygen atoms in total. The van der Waals surface area contributed by atoms with Crippen molar-refractivity contribution in [3.8, 4) is 0 Å². The zero-order valence-electron chi connectivity index (χ0n) is 12.3. The Morgan fingerprint density at radius 2 is 1.90 bits per heavy atom. The lowest BCUT2D eigenvalue weighted by atomic mass is 9.83. The van der Waals surface area contributed by atoms with Crippen LogP contribution in [0, 0.1) is 12.8 Å². The van der Waals surface area contributed by atoms with Crippen LogP contribution in [0.5, 0.6) is 0 Å². The molecule has 0 N–H and O–H groups in total. The highest BCUT2D eigenvalue weighted by atomic mass is 79.9. The van der Waals surface area contributed by atoms with Crippen molar-refractivity contribution in [1.29, 1.82) is 0 Å². The normalized spacial score (nSPS) is 25.5. The van der Waals surface area contributed by atoms with Crippen molar-refractivity contribution in [3.63, 3.8) is 0 Å². The summed E-state index contributed by atoms with van der Waals surface area (Å²) >= 11 is 4.79. The third kappa shape index (κ3) is 3.09. The quantitative estimate of drug-likeness (QED) is 0.757. The zero-order valence-corrected chi connectivity index (χ0v) is 15.6. The van der Waals surface area contributed by atoms with Gasteiger partial charge in [-0.15, -0.1) is 11.3 Å². The summed E-state index contributed by atoms with van der Waals surface area (Å²) in [4.78, 5) is 0. The van der Waals surface area contributed by atoms with Crippen molar-refractivity contribution in [2.24, 2.45) is 5.92 Å². The molecule has 0 bridgehead atoms. The Bertz CT molecular complexity index is 586. The molecule has 2 heterocycles. The van der Waals surface area contributed by atoms with Gasteiger partial charge in [-0.3, -0.25) is 0 Å². The molecule has 1 unspecified atom stereocenters. The summed E-state index contributed by atoms with van der Waals surface area (Å²) in [7, 11) is -3.32. The number of rotatable bonds is 3. The molecular formula is C15H22BrNO2S2. The Morgan fingerprint density at radius 3 is 2.52 bits per heavy atom. The van der Waals surface area contributed by atoms with Gasteiger partial charge in [0.05, 0.1) is 3.79 Å². The van der Waals surface area contributed by atoms with Gasteiger partial charge < -0.3 is 0 Å². The minimum absolute atomic E-state index is 0.233. The van der Waals surface area contributed by atoms with Crippen molar-refractivity contribution in [1.82, 2.24) is 4.31 Å². The summed E-state index contributed by atoms with van der Waals surface area (Å²) in [5, 5.41) is 0. The van der Waals surface area contributed by atoms with Gasteiger partial charge >= 0.3 is 0 Å². The molecule has 2 aliphatic rings. The smallest absolute Gasteiger partial charge is 0.206 e. The zero-order chi connectivity index (χ0) is 15.0. The van der Waals surface area contributed by atoms with E-state index in [1.807, 2.05) is 6.92 Å². The molecule has 1 atom stereocenters. The Labute approximate surface area is 139 Å². The van der Waals surface area contributed by atoms with Gasteiger partial charge in [-0.2, -0.15) is 4.31 Å². The maximum Gasteiger partial charge on any atom is 0.252 e. The third-order valence-electron chi connectivity index (χ3n) is 4.84. The van der Waals surface area contributed by atoms with E-state index < -0.39 is 10.0 Å². The molecule has 1 saturated carbocycles. The summed E-state index contributed by atoms with van der Waals surface area (Å²) in [6.07, 6.45) is 8.28. The lowest BCUT2D eigenvalue weighted by Gasteiger charge is -2.33. The van der Waals surface area contributed by atoms with E-state index >= 15 is 0 Å². The van der Waals surface area contributed by atoms with E-state index in [1.165, 1.54) is 43.4 Å². The Hall–Kier alpha value is 0.0900. The van der Waals surface area contributed by atoms with E-state index in [0.717, 1.165) is 22.2 Å². The summed E-state index contributed by atoms with van der Waals surface area (Å²) in [5.41, 5.74) is 1.01. The molecule has 0 aromatic carbocycles. The second-order valence-corrected chi connectivity index (χ2v) is 10.7. The maximum atomic E-state index is 13.0. The van der Waals surface area contributed by atoms with E-state index in [9.17, 15) is 8.42 Å². The maximum absolute atomic E-state index is 13.0. The van der Waals surface area contributed by atoms with Gasteiger partial charge in [0.25, 0.3) is 10.0 Å². The van der Waals surface area contributed by atoms with Crippen LogP contribution in [0.15, 0.2) is 14.1 Å². The predicted molar refractivity (Wildman–Crippen MR) is 90.2 cm³/mol. The fourth-order valence-electron chi connectivity index (χ4n) is 3.73. The molecule has 0 spiro atoms. The van der Waals surface area contributed by atoms with Crippen LogP contribution in [0.4, 0.5) is 0 Å². The van der Waals surface area contributed by atoms with Gasteiger partial charge in [0.1, 0.15) is 4.21 Å². The number of aryl methyl sites for hydroxylation is 1. The van der Waals surface area contributed by atoms with Crippen LogP contribution in [-0.2, 0) is 10.0 Å². The van der Waals surface area contributed by atoms with Gasteiger partial charge in [0, 0.05) is 12.6 Å². The molecule has 118 valence electrons. The van der Waals surface area contributed by atoms with Crippen molar-refractivity contribution in [2.45, 2.75) is 62.1 Å². The average molecular weight is 392 g/mol. The van der Waals surface area contributed by atoms with Gasteiger partial charge in [0.2, 0.25) is 0 Å². The first kappa shape index (κ1) is 16.0. The molecule has 0 amide bonds. The molecule has 1 aliphatic heterocycles. The molecule has 21 heavy (non-hydrogen) atoms. The molecule has 1 saturated heterocycles. The summed E-state index contributed by atoms with van der Waals surface area (Å²) in [5.74, 6) is 0.570. The number of sulfonamides is 1. The largest absolute Gasteiger partial charge is 0.252 e. The molecular weight excluding hydrogens is 370 g/mol. The first-order valence-corrected chi connectivity index (χ1v) is 10.8. The number of hydrogen-bond acceptors (Lipinski definition) is 3. The molecule has 6 heteroatoms. The lowest BCUT2D eigenvalue weighted by molar-refractivity contribution is 0.226. The fraction of sp³-hybridized carbons (Fsp3) is 0.733. The molecule has 1 aromatic rings. The summed E-state index contributed by atoms with van der Waals surface area (Å²) in [6.45, 7) is 2.64. The Balaban J connectivity index is 1.86. The molecule has 3 rings (SSSR count). The number of hydrogen-bond donors (Lipinski definition) is 0. The summed E-state index contributed by atoms with van der Waals surface area (Å²) in [6, 6.07) is 2.04. The lowest BCUT2D eigenvalue weighted by Crippen LogP contribution is -2.40. The van der Waals surface area contributed by atoms with Crippen LogP contribution in [0.3, 0.4) is 0 Å². The van der Waals surface area contributed by atoms with Crippen LogP contribution >= 0.6 is 27.3 Å². The predicted octanol–water partition coefficient (Wildman–Crippen LogP) is 4.55. The van der Waals surface area contributed by atoms with E-state index in [2.05, 4.69) is 15.9 Å². The minimum atomic E-state index is -3.32. The van der Waals surface area contributed by atoms with Crippen LogP contribution in [0.1, 0.15) is 50.5 Å². The number of thiophene rings is 1. The minimum Gasteiger partial charge on any atom is -0.206 e. The highest BCUT2D eigenvalue weighted by molar-refractivity contribution is 9.11. The molecule has 1 aromatic heterocycles. The summed E-state index contributed by atoms with van der Waals surface area (Å²) < 4.78 is 29.2. The SMILES string of the molecule is Cc1cc(S(=O)(=O)N2CCCC2C2CCCCC2)sc1Br. The second-order valence-electron chi connectivity index (χ2n) is 6.25. The molecule has 1 aliphatic carbocycles. The highest BCUT2D eigenvalue weighted by Gasteiger charge is 2.40. The molecule has 0 radical (unpaired) electrons.